The van der Waals surface area contributed by atoms with Gasteiger partial charge in [0.1, 0.15) is 11.6 Å². The third-order valence-corrected chi connectivity index (χ3v) is 5.31. The number of benzene rings is 3. The molecule has 1 aliphatic carbocycles. The normalized spacial score (nSPS) is 15.4. The van der Waals surface area contributed by atoms with Crippen molar-refractivity contribution in [3.63, 3.8) is 0 Å². The maximum absolute atomic E-state index is 13.1. The minimum Gasteiger partial charge on any atom is -0.363 e. The van der Waals surface area contributed by atoms with Crippen LogP contribution in [0.2, 0.25) is 0 Å². The average molecular weight is 369 g/mol. The molecule has 1 atom stereocenters. The summed E-state index contributed by atoms with van der Waals surface area (Å²) in [5, 5.41) is 7.98. The summed E-state index contributed by atoms with van der Waals surface area (Å²) in [6.07, 6.45) is 2.19. The van der Waals surface area contributed by atoms with Crippen LogP contribution in [0.1, 0.15) is 23.6 Å². The van der Waals surface area contributed by atoms with Gasteiger partial charge in [0.25, 0.3) is 0 Å². The number of halogens is 1. The third-order valence-electron chi connectivity index (χ3n) is 5.31. The van der Waals surface area contributed by atoms with Crippen molar-refractivity contribution in [2.24, 2.45) is 0 Å². The molecule has 0 saturated carbocycles. The van der Waals surface area contributed by atoms with Gasteiger partial charge in [-0.2, -0.15) is 0 Å². The van der Waals surface area contributed by atoms with Crippen LogP contribution in [-0.2, 0) is 6.42 Å². The lowest BCUT2D eigenvalue weighted by molar-refractivity contribution is 0.628. The van der Waals surface area contributed by atoms with E-state index in [1.807, 2.05) is 24.3 Å². The van der Waals surface area contributed by atoms with Gasteiger partial charge in [-0.25, -0.2) is 9.37 Å². The van der Waals surface area contributed by atoms with Crippen LogP contribution < -0.4 is 10.6 Å². The van der Waals surface area contributed by atoms with E-state index in [1.165, 1.54) is 23.3 Å². The largest absolute Gasteiger partial charge is 0.363 e. The molecule has 0 unspecified atom stereocenters. The first-order valence-corrected chi connectivity index (χ1v) is 9.53. The number of hydrogen-bond donors (Lipinski definition) is 2. The van der Waals surface area contributed by atoms with E-state index in [0.29, 0.717) is 6.04 Å². The highest BCUT2D eigenvalue weighted by Crippen LogP contribution is 2.34. The molecule has 28 heavy (non-hydrogen) atoms. The van der Waals surface area contributed by atoms with Gasteiger partial charge in [-0.3, -0.25) is 0 Å². The van der Waals surface area contributed by atoms with Crippen LogP contribution in [0.5, 0.6) is 0 Å². The van der Waals surface area contributed by atoms with E-state index >= 15 is 0 Å². The molecule has 0 radical (unpaired) electrons. The number of hydrogen-bond acceptors (Lipinski definition) is 3. The van der Waals surface area contributed by atoms with Gasteiger partial charge in [0.2, 0.25) is 0 Å². The summed E-state index contributed by atoms with van der Waals surface area (Å²) in [6.45, 7) is 0. The van der Waals surface area contributed by atoms with Crippen LogP contribution in [0, 0.1) is 5.82 Å². The van der Waals surface area contributed by atoms with Crippen LogP contribution in [0.3, 0.4) is 0 Å². The smallest absolute Gasteiger partial charge is 0.127 e. The number of aromatic nitrogens is 1. The molecule has 1 aliphatic rings. The number of aryl methyl sites for hydroxylation is 1. The van der Waals surface area contributed by atoms with Crippen molar-refractivity contribution >= 4 is 28.1 Å². The summed E-state index contributed by atoms with van der Waals surface area (Å²) < 4.78 is 13.1. The summed E-state index contributed by atoms with van der Waals surface area (Å²) in [5.74, 6) is 0.641. The first-order chi connectivity index (χ1) is 13.8. The maximum Gasteiger partial charge on any atom is 0.127 e. The van der Waals surface area contributed by atoms with E-state index in [1.54, 1.807) is 12.1 Å². The number of fused-ring (bicyclic) bond motifs is 2. The predicted molar refractivity (Wildman–Crippen MR) is 113 cm³/mol. The van der Waals surface area contributed by atoms with Gasteiger partial charge in [-0.05, 0) is 72.5 Å². The Kier molecular flexibility index (Phi) is 4.17. The number of rotatable bonds is 4. The monoisotopic (exact) mass is 369 g/mol. The fourth-order valence-corrected chi connectivity index (χ4v) is 3.92. The lowest BCUT2D eigenvalue weighted by Crippen LogP contribution is -2.08. The molecule has 0 saturated heterocycles. The molecule has 3 aromatic carbocycles. The van der Waals surface area contributed by atoms with Gasteiger partial charge >= 0.3 is 0 Å². The van der Waals surface area contributed by atoms with Crippen molar-refractivity contribution in [2.45, 2.75) is 18.9 Å². The molecule has 4 aromatic rings. The molecule has 0 spiro atoms. The Balaban J connectivity index is 1.42. The maximum atomic E-state index is 13.1. The highest BCUT2D eigenvalue weighted by atomic mass is 19.1. The summed E-state index contributed by atoms with van der Waals surface area (Å²) >= 11 is 0. The molecule has 4 heteroatoms. The molecule has 3 nitrogen and oxygen atoms in total. The van der Waals surface area contributed by atoms with Gasteiger partial charge in [0, 0.05) is 16.8 Å². The molecular weight excluding hydrogens is 349 g/mol. The second kappa shape index (κ2) is 6.97. The van der Waals surface area contributed by atoms with E-state index in [4.69, 9.17) is 4.98 Å². The molecule has 0 fully saturated rings. The Bertz CT molecular complexity index is 1140. The van der Waals surface area contributed by atoms with Crippen molar-refractivity contribution in [3.05, 3.63) is 95.8 Å². The second-order valence-corrected chi connectivity index (χ2v) is 7.14. The van der Waals surface area contributed by atoms with Crippen LogP contribution in [-0.4, -0.2) is 4.98 Å². The Hall–Kier alpha value is -3.40. The van der Waals surface area contributed by atoms with Crippen LogP contribution in [0.15, 0.2) is 78.9 Å². The highest BCUT2D eigenvalue weighted by molar-refractivity contribution is 5.94. The first-order valence-electron chi connectivity index (χ1n) is 9.53. The molecule has 0 amide bonds. The minimum absolute atomic E-state index is 0.241. The SMILES string of the molecule is Fc1ccc(Nc2cccc3nc(N[C@@H]4CCc5ccccc54)ccc23)cc1. The molecule has 138 valence electrons. The molecule has 1 aromatic heterocycles. The summed E-state index contributed by atoms with van der Waals surface area (Å²) in [5.41, 5.74) is 5.51. The van der Waals surface area contributed by atoms with Crippen molar-refractivity contribution in [2.75, 3.05) is 10.6 Å². The first kappa shape index (κ1) is 16.8. The van der Waals surface area contributed by atoms with Crippen molar-refractivity contribution in [3.8, 4) is 0 Å². The molecule has 0 bridgehead atoms. The summed E-state index contributed by atoms with van der Waals surface area (Å²) in [6, 6.07) is 25.4. The van der Waals surface area contributed by atoms with Crippen LogP contribution in [0.4, 0.5) is 21.6 Å². The predicted octanol–water partition coefficient (Wildman–Crippen LogP) is 6.22. The van der Waals surface area contributed by atoms with Gasteiger partial charge in [-0.1, -0.05) is 30.3 Å². The number of nitrogens with zero attached hydrogens (tertiary/aromatic N) is 1. The summed E-state index contributed by atoms with van der Waals surface area (Å²) in [7, 11) is 0. The molecular formula is C24H20FN3. The fraction of sp³-hybridized carbons (Fsp3) is 0.125. The van der Waals surface area contributed by atoms with Crippen molar-refractivity contribution in [1.82, 2.24) is 4.98 Å². The zero-order valence-corrected chi connectivity index (χ0v) is 15.3. The summed E-state index contributed by atoms with van der Waals surface area (Å²) in [4.78, 5) is 4.82. The lowest BCUT2D eigenvalue weighted by Gasteiger charge is -2.16. The van der Waals surface area contributed by atoms with E-state index in [2.05, 4.69) is 41.0 Å². The number of nitrogens with one attached hydrogen (secondary N) is 2. The van der Waals surface area contributed by atoms with E-state index in [9.17, 15) is 4.39 Å². The Morgan fingerprint density at radius 3 is 2.61 bits per heavy atom. The van der Waals surface area contributed by atoms with Crippen molar-refractivity contribution in [1.29, 1.82) is 0 Å². The Labute approximate surface area is 163 Å². The van der Waals surface area contributed by atoms with Gasteiger partial charge < -0.3 is 10.6 Å². The number of anilines is 3. The van der Waals surface area contributed by atoms with E-state index in [0.717, 1.165) is 40.9 Å². The third kappa shape index (κ3) is 3.18. The topological polar surface area (TPSA) is 37.0 Å². The fourth-order valence-electron chi connectivity index (χ4n) is 3.92. The zero-order chi connectivity index (χ0) is 18.9. The van der Waals surface area contributed by atoms with Gasteiger partial charge in [0.15, 0.2) is 0 Å². The minimum atomic E-state index is -0.241. The van der Waals surface area contributed by atoms with Gasteiger partial charge in [0.05, 0.1) is 11.6 Å². The molecule has 2 N–H and O–H groups in total. The van der Waals surface area contributed by atoms with Crippen molar-refractivity contribution < 1.29 is 4.39 Å². The van der Waals surface area contributed by atoms with Gasteiger partial charge in [-0.15, -0.1) is 0 Å². The van der Waals surface area contributed by atoms with Crippen LogP contribution in [0.25, 0.3) is 10.9 Å². The Morgan fingerprint density at radius 2 is 1.71 bits per heavy atom. The molecule has 0 aliphatic heterocycles. The standard InChI is InChI=1S/C24H20FN3/c25-17-9-11-18(12-10-17)26-21-6-3-7-22-20(21)13-15-24(27-22)28-23-14-8-16-4-1-2-5-19(16)23/h1-7,9-13,15,23,26H,8,14H2,(H,27,28)/t23-/m1/s1. The quantitative estimate of drug-likeness (QED) is 0.448. The highest BCUT2D eigenvalue weighted by Gasteiger charge is 2.21. The second-order valence-electron chi connectivity index (χ2n) is 7.14. The Morgan fingerprint density at radius 1 is 0.857 bits per heavy atom. The lowest BCUT2D eigenvalue weighted by atomic mass is 10.1. The van der Waals surface area contributed by atoms with E-state index in [-0.39, 0.29) is 5.82 Å². The van der Waals surface area contributed by atoms with Crippen LogP contribution >= 0.6 is 0 Å². The molecule has 5 rings (SSSR count). The zero-order valence-electron chi connectivity index (χ0n) is 15.3. The van der Waals surface area contributed by atoms with E-state index < -0.39 is 0 Å². The molecule has 1 heterocycles. The number of pyridine rings is 1. The average Bonchev–Trinajstić information content (AvgIpc) is 3.13.